The van der Waals surface area contributed by atoms with Crippen molar-refractivity contribution in [1.82, 2.24) is 5.32 Å². The van der Waals surface area contributed by atoms with Crippen molar-refractivity contribution in [1.29, 1.82) is 0 Å². The first-order valence-electron chi connectivity index (χ1n) is 9.05. The zero-order valence-corrected chi connectivity index (χ0v) is 14.0. The minimum absolute atomic E-state index is 0.402. The van der Waals surface area contributed by atoms with E-state index in [0.29, 0.717) is 5.54 Å². The minimum atomic E-state index is 0.402. The van der Waals surface area contributed by atoms with E-state index in [-0.39, 0.29) is 0 Å². The van der Waals surface area contributed by atoms with Crippen molar-refractivity contribution in [2.24, 2.45) is 23.7 Å². The van der Waals surface area contributed by atoms with Gasteiger partial charge in [0.25, 0.3) is 0 Å². The Hall–Kier alpha value is -0.460. The van der Waals surface area contributed by atoms with Gasteiger partial charge in [0.2, 0.25) is 0 Å². The summed E-state index contributed by atoms with van der Waals surface area (Å²) >= 11 is 0. The highest BCUT2D eigenvalue weighted by Gasteiger charge is 2.50. The van der Waals surface area contributed by atoms with Crippen molar-refractivity contribution in [2.75, 3.05) is 0 Å². The first-order valence-corrected chi connectivity index (χ1v) is 9.05. The maximum atomic E-state index is 4.10. The Balaban J connectivity index is 1.89. The second kappa shape index (κ2) is 5.39. The van der Waals surface area contributed by atoms with Crippen molar-refractivity contribution < 1.29 is 0 Å². The van der Waals surface area contributed by atoms with Gasteiger partial charge in [-0.05, 0) is 75.5 Å². The lowest BCUT2D eigenvalue weighted by Crippen LogP contribution is -2.60. The lowest BCUT2D eigenvalue weighted by atomic mass is 9.54. The van der Waals surface area contributed by atoms with Crippen LogP contribution in [-0.2, 0) is 0 Å². The van der Waals surface area contributed by atoms with Crippen LogP contribution in [0.3, 0.4) is 0 Å². The molecule has 0 aromatic heterocycles. The van der Waals surface area contributed by atoms with Gasteiger partial charge >= 0.3 is 0 Å². The van der Waals surface area contributed by atoms with E-state index < -0.39 is 0 Å². The summed E-state index contributed by atoms with van der Waals surface area (Å²) in [4.78, 5) is 0. The Morgan fingerprint density at radius 3 is 2.50 bits per heavy atom. The third-order valence-corrected chi connectivity index (χ3v) is 6.64. The standard InChI is InChI=1S/C19H33N/c1-5-17-11-15-9-13(3)10-18(12-15)19(17,6-2)20-14(4)16-7-8-16/h13,15,17-18,20H,5-12H2,1-4H3. The minimum Gasteiger partial charge on any atom is -0.383 e. The van der Waals surface area contributed by atoms with Gasteiger partial charge in [0.1, 0.15) is 0 Å². The molecule has 3 fully saturated rings. The molecule has 3 aliphatic carbocycles. The molecule has 0 spiro atoms. The largest absolute Gasteiger partial charge is 0.383 e. The van der Waals surface area contributed by atoms with E-state index in [1.807, 2.05) is 0 Å². The molecule has 0 heterocycles. The summed E-state index contributed by atoms with van der Waals surface area (Å²) in [7, 11) is 0. The van der Waals surface area contributed by atoms with Gasteiger partial charge in [-0.15, -0.1) is 0 Å². The Morgan fingerprint density at radius 2 is 1.90 bits per heavy atom. The highest BCUT2D eigenvalue weighted by atomic mass is 15.0. The predicted octanol–water partition coefficient (Wildman–Crippen LogP) is 5.27. The number of rotatable bonds is 4. The Kier molecular flexibility index (Phi) is 3.90. The van der Waals surface area contributed by atoms with Crippen molar-refractivity contribution in [2.45, 2.75) is 84.6 Å². The Labute approximate surface area is 125 Å². The normalized spacial score (nSPS) is 43.3. The molecule has 5 atom stereocenters. The van der Waals surface area contributed by atoms with Crippen LogP contribution in [0.15, 0.2) is 11.3 Å². The molecular weight excluding hydrogens is 242 g/mol. The lowest BCUT2D eigenvalue weighted by molar-refractivity contribution is -0.00725. The molecular formula is C19H33N. The fourth-order valence-corrected chi connectivity index (χ4v) is 5.58. The van der Waals surface area contributed by atoms with E-state index in [2.05, 4.69) is 33.0 Å². The summed E-state index contributed by atoms with van der Waals surface area (Å²) in [6.45, 7) is 9.67. The number of allylic oxidation sites excluding steroid dienone is 2. The van der Waals surface area contributed by atoms with Crippen LogP contribution >= 0.6 is 0 Å². The van der Waals surface area contributed by atoms with Crippen molar-refractivity contribution >= 4 is 0 Å². The number of fused-ring (bicyclic) bond motifs is 2. The molecule has 0 aromatic carbocycles. The van der Waals surface area contributed by atoms with Gasteiger partial charge in [0, 0.05) is 11.2 Å². The molecule has 0 radical (unpaired) electrons. The summed E-state index contributed by atoms with van der Waals surface area (Å²) in [6.07, 6.45) is 11.3. The fourth-order valence-electron chi connectivity index (χ4n) is 5.58. The van der Waals surface area contributed by atoms with Gasteiger partial charge in [0.05, 0.1) is 0 Å². The van der Waals surface area contributed by atoms with Crippen LogP contribution in [0.2, 0.25) is 0 Å². The topological polar surface area (TPSA) is 12.0 Å². The molecule has 0 aliphatic heterocycles. The zero-order chi connectivity index (χ0) is 14.3. The molecule has 1 N–H and O–H groups in total. The molecule has 3 aliphatic rings. The average Bonchev–Trinajstić information content (AvgIpc) is 3.25. The van der Waals surface area contributed by atoms with Gasteiger partial charge in [-0.2, -0.15) is 0 Å². The molecule has 1 heteroatoms. The average molecular weight is 275 g/mol. The van der Waals surface area contributed by atoms with Gasteiger partial charge in [-0.1, -0.05) is 32.8 Å². The molecule has 3 saturated carbocycles. The van der Waals surface area contributed by atoms with Crippen LogP contribution in [0.25, 0.3) is 0 Å². The van der Waals surface area contributed by atoms with Gasteiger partial charge in [0.15, 0.2) is 0 Å². The molecule has 0 amide bonds. The van der Waals surface area contributed by atoms with E-state index in [0.717, 1.165) is 23.7 Å². The van der Waals surface area contributed by atoms with Crippen LogP contribution in [0.1, 0.15) is 79.1 Å². The molecule has 2 bridgehead atoms. The van der Waals surface area contributed by atoms with Gasteiger partial charge in [-0.3, -0.25) is 0 Å². The summed E-state index contributed by atoms with van der Waals surface area (Å²) in [5, 5.41) is 4.10. The first-order chi connectivity index (χ1) is 9.59. The van der Waals surface area contributed by atoms with Gasteiger partial charge in [-0.25, -0.2) is 0 Å². The second-order valence-corrected chi connectivity index (χ2v) is 7.96. The number of hydrogen-bond acceptors (Lipinski definition) is 1. The molecule has 0 saturated heterocycles. The third kappa shape index (κ3) is 2.42. The fraction of sp³-hybridized carbons (Fsp3) is 0.895. The zero-order valence-electron chi connectivity index (χ0n) is 14.0. The Morgan fingerprint density at radius 1 is 1.15 bits per heavy atom. The van der Waals surface area contributed by atoms with E-state index in [9.17, 15) is 0 Å². The second-order valence-electron chi connectivity index (χ2n) is 7.96. The van der Waals surface area contributed by atoms with E-state index in [1.54, 1.807) is 5.57 Å². The van der Waals surface area contributed by atoms with Crippen molar-refractivity contribution in [3.05, 3.63) is 11.3 Å². The van der Waals surface area contributed by atoms with E-state index in [1.165, 1.54) is 57.1 Å². The van der Waals surface area contributed by atoms with Crippen LogP contribution in [-0.4, -0.2) is 5.54 Å². The smallest absolute Gasteiger partial charge is 0.0424 e. The molecule has 114 valence electrons. The maximum Gasteiger partial charge on any atom is 0.0424 e. The third-order valence-electron chi connectivity index (χ3n) is 6.64. The van der Waals surface area contributed by atoms with E-state index >= 15 is 0 Å². The number of hydrogen-bond donors (Lipinski definition) is 1. The van der Waals surface area contributed by atoms with Crippen LogP contribution < -0.4 is 5.32 Å². The molecule has 1 nitrogen and oxygen atoms in total. The first kappa shape index (κ1) is 14.5. The molecule has 0 aromatic rings. The maximum absolute atomic E-state index is 4.10. The molecule has 3 rings (SSSR count). The van der Waals surface area contributed by atoms with Crippen LogP contribution in [0, 0.1) is 23.7 Å². The monoisotopic (exact) mass is 275 g/mol. The summed E-state index contributed by atoms with van der Waals surface area (Å²) in [5.74, 6) is 3.76. The molecule has 20 heavy (non-hydrogen) atoms. The number of nitrogens with one attached hydrogen (secondary N) is 1. The SMILES string of the molecule is CCC1CC2CC(C)CC(C2)C1(CC)NC(C)=C1CC1. The lowest BCUT2D eigenvalue weighted by Gasteiger charge is -2.56. The van der Waals surface area contributed by atoms with Crippen molar-refractivity contribution in [3.8, 4) is 0 Å². The summed E-state index contributed by atoms with van der Waals surface area (Å²) < 4.78 is 0. The quantitative estimate of drug-likeness (QED) is 0.736. The molecule has 5 unspecified atom stereocenters. The summed E-state index contributed by atoms with van der Waals surface area (Å²) in [6, 6.07) is 0. The predicted molar refractivity (Wildman–Crippen MR) is 86.5 cm³/mol. The van der Waals surface area contributed by atoms with E-state index in [4.69, 9.17) is 0 Å². The van der Waals surface area contributed by atoms with Crippen LogP contribution in [0.5, 0.6) is 0 Å². The van der Waals surface area contributed by atoms with Crippen LogP contribution in [0.4, 0.5) is 0 Å². The highest BCUT2D eigenvalue weighted by Crippen LogP contribution is 2.53. The Bertz CT molecular complexity index is 389. The van der Waals surface area contributed by atoms with Gasteiger partial charge < -0.3 is 5.32 Å². The highest BCUT2D eigenvalue weighted by molar-refractivity contribution is 5.25. The van der Waals surface area contributed by atoms with Crippen molar-refractivity contribution in [3.63, 3.8) is 0 Å². The summed E-state index contributed by atoms with van der Waals surface area (Å²) in [5.41, 5.74) is 3.63.